The van der Waals surface area contributed by atoms with Crippen LogP contribution in [-0.2, 0) is 0 Å². The molecule has 1 aromatic rings. The quantitative estimate of drug-likeness (QED) is 0.897. The monoisotopic (exact) mass is 304 g/mol. The Morgan fingerprint density at radius 2 is 2.10 bits per heavy atom. The normalized spacial score (nSPS) is 22.7. The first-order valence-corrected chi connectivity index (χ1v) is 6.80. The summed E-state index contributed by atoms with van der Waals surface area (Å²) in [6.45, 7) is 3.95. The molecule has 0 aromatic heterocycles. The lowest BCUT2D eigenvalue weighted by molar-refractivity contribution is -0.274. The maximum Gasteiger partial charge on any atom is 0.573 e. The highest BCUT2D eigenvalue weighted by atomic mass is 19.4. The SMILES string of the molecule is COc1cc(OC(F)(F)F)ccc1NC1CCNCC1C. The van der Waals surface area contributed by atoms with Crippen LogP contribution in [0.1, 0.15) is 13.3 Å². The van der Waals surface area contributed by atoms with Gasteiger partial charge in [0.2, 0.25) is 0 Å². The van der Waals surface area contributed by atoms with Gasteiger partial charge in [0.05, 0.1) is 12.8 Å². The first kappa shape index (κ1) is 15.8. The van der Waals surface area contributed by atoms with Crippen LogP contribution in [-0.4, -0.2) is 32.6 Å². The third kappa shape index (κ3) is 4.42. The molecule has 2 N–H and O–H groups in total. The van der Waals surface area contributed by atoms with Crippen molar-refractivity contribution in [1.82, 2.24) is 5.32 Å². The summed E-state index contributed by atoms with van der Waals surface area (Å²) in [5.41, 5.74) is 0.672. The molecule has 7 heteroatoms. The Hall–Kier alpha value is -1.63. The van der Waals surface area contributed by atoms with Crippen LogP contribution in [0.4, 0.5) is 18.9 Å². The van der Waals surface area contributed by atoms with Crippen molar-refractivity contribution < 1.29 is 22.6 Å². The minimum atomic E-state index is -4.70. The van der Waals surface area contributed by atoms with Crippen LogP contribution in [0.25, 0.3) is 0 Å². The first-order chi connectivity index (χ1) is 9.89. The van der Waals surface area contributed by atoms with E-state index in [1.807, 2.05) is 0 Å². The number of nitrogens with one attached hydrogen (secondary N) is 2. The number of benzene rings is 1. The van der Waals surface area contributed by atoms with E-state index in [1.165, 1.54) is 19.2 Å². The van der Waals surface area contributed by atoms with E-state index < -0.39 is 6.36 Å². The molecule has 2 rings (SSSR count). The number of hydrogen-bond donors (Lipinski definition) is 2. The molecule has 1 aromatic carbocycles. The van der Waals surface area contributed by atoms with Gasteiger partial charge < -0.3 is 20.1 Å². The molecule has 0 bridgehead atoms. The molecule has 2 unspecified atom stereocenters. The number of alkyl halides is 3. The van der Waals surface area contributed by atoms with Crippen LogP contribution in [0, 0.1) is 5.92 Å². The number of piperidine rings is 1. The molecular formula is C14H19F3N2O2. The molecule has 4 nitrogen and oxygen atoms in total. The van der Waals surface area contributed by atoms with E-state index in [9.17, 15) is 13.2 Å². The van der Waals surface area contributed by atoms with Crippen LogP contribution in [0.3, 0.4) is 0 Å². The number of ether oxygens (including phenoxy) is 2. The largest absolute Gasteiger partial charge is 0.573 e. The Labute approximate surface area is 121 Å². The zero-order valence-electron chi connectivity index (χ0n) is 12.0. The van der Waals surface area contributed by atoms with E-state index in [1.54, 1.807) is 6.07 Å². The second-order valence-corrected chi connectivity index (χ2v) is 5.13. The molecule has 0 aliphatic carbocycles. The Morgan fingerprint density at radius 1 is 1.33 bits per heavy atom. The van der Waals surface area contributed by atoms with E-state index in [-0.39, 0.29) is 11.8 Å². The number of halogens is 3. The molecule has 0 saturated carbocycles. The molecule has 118 valence electrons. The highest BCUT2D eigenvalue weighted by Gasteiger charge is 2.31. The molecule has 0 radical (unpaired) electrons. The van der Waals surface area contributed by atoms with Gasteiger partial charge in [0.15, 0.2) is 0 Å². The number of methoxy groups -OCH3 is 1. The summed E-state index contributed by atoms with van der Waals surface area (Å²) in [6.07, 6.45) is -3.76. The zero-order chi connectivity index (χ0) is 15.5. The van der Waals surface area contributed by atoms with Gasteiger partial charge in [-0.15, -0.1) is 13.2 Å². The van der Waals surface area contributed by atoms with E-state index in [0.29, 0.717) is 17.4 Å². The molecule has 1 heterocycles. The van der Waals surface area contributed by atoms with Crippen LogP contribution in [0.5, 0.6) is 11.5 Å². The number of hydrogen-bond acceptors (Lipinski definition) is 4. The Kier molecular flexibility index (Phi) is 4.82. The molecule has 1 aliphatic rings. The lowest BCUT2D eigenvalue weighted by Crippen LogP contribution is -2.42. The van der Waals surface area contributed by atoms with Crippen molar-refractivity contribution in [2.45, 2.75) is 25.7 Å². The van der Waals surface area contributed by atoms with Crippen LogP contribution in [0.2, 0.25) is 0 Å². The first-order valence-electron chi connectivity index (χ1n) is 6.80. The van der Waals surface area contributed by atoms with Gasteiger partial charge in [-0.2, -0.15) is 0 Å². The van der Waals surface area contributed by atoms with Crippen molar-refractivity contribution >= 4 is 5.69 Å². The summed E-state index contributed by atoms with van der Waals surface area (Å²) >= 11 is 0. The van der Waals surface area contributed by atoms with E-state index in [0.717, 1.165) is 19.5 Å². The average Bonchev–Trinajstić information content (AvgIpc) is 2.41. The number of rotatable bonds is 4. The zero-order valence-corrected chi connectivity index (χ0v) is 12.0. The summed E-state index contributed by atoms with van der Waals surface area (Å²) in [6, 6.07) is 4.33. The fourth-order valence-electron chi connectivity index (χ4n) is 2.42. The van der Waals surface area contributed by atoms with Crippen molar-refractivity contribution in [2.24, 2.45) is 5.92 Å². The van der Waals surface area contributed by atoms with Crippen molar-refractivity contribution in [2.75, 3.05) is 25.5 Å². The maximum atomic E-state index is 12.2. The van der Waals surface area contributed by atoms with E-state index >= 15 is 0 Å². The lowest BCUT2D eigenvalue weighted by atomic mass is 9.95. The minimum Gasteiger partial charge on any atom is -0.494 e. The van der Waals surface area contributed by atoms with E-state index in [2.05, 4.69) is 22.3 Å². The summed E-state index contributed by atoms with van der Waals surface area (Å²) in [5.74, 6) is 0.472. The Balaban J connectivity index is 2.12. The van der Waals surface area contributed by atoms with Gasteiger partial charge in [0.25, 0.3) is 0 Å². The second kappa shape index (κ2) is 6.43. The standard InChI is InChI=1S/C14H19F3N2O2/c1-9-8-18-6-5-11(9)19-12-4-3-10(7-13(12)20-2)21-14(15,16)17/h3-4,7,9,11,18-19H,5-6,8H2,1-2H3. The molecule has 0 amide bonds. The fourth-order valence-corrected chi connectivity index (χ4v) is 2.42. The van der Waals surface area contributed by atoms with Crippen molar-refractivity contribution in [3.05, 3.63) is 18.2 Å². The van der Waals surface area contributed by atoms with Crippen LogP contribution < -0.4 is 20.1 Å². The highest BCUT2D eigenvalue weighted by molar-refractivity contribution is 5.59. The summed E-state index contributed by atoms with van der Waals surface area (Å²) < 4.78 is 45.7. The lowest BCUT2D eigenvalue weighted by Gasteiger charge is -2.31. The van der Waals surface area contributed by atoms with Gasteiger partial charge >= 0.3 is 6.36 Å². The molecule has 0 spiro atoms. The van der Waals surface area contributed by atoms with Gasteiger partial charge in [-0.1, -0.05) is 6.92 Å². The second-order valence-electron chi connectivity index (χ2n) is 5.13. The topological polar surface area (TPSA) is 42.5 Å². The maximum absolute atomic E-state index is 12.2. The summed E-state index contributed by atoms with van der Waals surface area (Å²) in [7, 11) is 1.42. The number of anilines is 1. The Bertz CT molecular complexity index is 480. The molecule has 2 atom stereocenters. The van der Waals surface area contributed by atoms with Gasteiger partial charge in [-0.25, -0.2) is 0 Å². The molecule has 1 fully saturated rings. The van der Waals surface area contributed by atoms with Crippen molar-refractivity contribution in [3.63, 3.8) is 0 Å². The Morgan fingerprint density at radius 3 is 2.71 bits per heavy atom. The van der Waals surface area contributed by atoms with Gasteiger partial charge in [-0.3, -0.25) is 0 Å². The predicted octanol–water partition coefficient (Wildman–Crippen LogP) is 3.00. The summed E-state index contributed by atoms with van der Waals surface area (Å²) in [4.78, 5) is 0. The average molecular weight is 304 g/mol. The van der Waals surface area contributed by atoms with Gasteiger partial charge in [-0.05, 0) is 37.6 Å². The van der Waals surface area contributed by atoms with Crippen molar-refractivity contribution in [3.8, 4) is 11.5 Å². The summed E-state index contributed by atoms with van der Waals surface area (Å²) in [5, 5.41) is 6.64. The van der Waals surface area contributed by atoms with E-state index in [4.69, 9.17) is 4.74 Å². The molecular weight excluding hydrogens is 285 g/mol. The smallest absolute Gasteiger partial charge is 0.494 e. The van der Waals surface area contributed by atoms with Gasteiger partial charge in [0.1, 0.15) is 11.5 Å². The van der Waals surface area contributed by atoms with Crippen LogP contribution >= 0.6 is 0 Å². The van der Waals surface area contributed by atoms with Crippen molar-refractivity contribution in [1.29, 1.82) is 0 Å². The fraction of sp³-hybridized carbons (Fsp3) is 0.571. The van der Waals surface area contributed by atoms with Gasteiger partial charge in [0, 0.05) is 12.1 Å². The minimum absolute atomic E-state index is 0.259. The predicted molar refractivity (Wildman–Crippen MR) is 73.7 cm³/mol. The third-order valence-electron chi connectivity index (χ3n) is 3.53. The third-order valence-corrected chi connectivity index (χ3v) is 3.53. The molecule has 1 saturated heterocycles. The molecule has 21 heavy (non-hydrogen) atoms. The highest BCUT2D eigenvalue weighted by Crippen LogP contribution is 2.33. The molecule has 1 aliphatic heterocycles. The van der Waals surface area contributed by atoms with Crippen LogP contribution in [0.15, 0.2) is 18.2 Å².